The van der Waals surface area contributed by atoms with E-state index in [4.69, 9.17) is 11.5 Å². The predicted octanol–water partition coefficient (Wildman–Crippen LogP) is 0.396. The van der Waals surface area contributed by atoms with Crippen molar-refractivity contribution in [2.24, 2.45) is 11.5 Å². The summed E-state index contributed by atoms with van der Waals surface area (Å²) in [5.41, 5.74) is 12.0. The molecule has 12 nitrogen and oxygen atoms in total. The van der Waals surface area contributed by atoms with Crippen LogP contribution in [0.5, 0.6) is 0 Å². The van der Waals surface area contributed by atoms with Crippen molar-refractivity contribution in [3.8, 4) is 5.69 Å². The molecular weight excluding hydrogens is 536 g/mol. The van der Waals surface area contributed by atoms with E-state index in [1.165, 1.54) is 22.0 Å². The minimum atomic E-state index is -1.35. The number of carbonyl (C=O) groups excluding carboxylic acids is 2. The van der Waals surface area contributed by atoms with Crippen LogP contribution in [0.1, 0.15) is 31.7 Å². The Morgan fingerprint density at radius 2 is 1.73 bits per heavy atom. The summed E-state index contributed by atoms with van der Waals surface area (Å²) < 4.78 is 1.44. The fourth-order valence-electron chi connectivity index (χ4n) is 4.91. The minimum absolute atomic E-state index is 0. The standard InChI is InChI=1S/C27H40N8O4.ClH/c1-27(29,19-36)24(37)33-15-17-34(18-16-33)25(38)30-23-10-14-35(26(39)31-23)22-6-4-20(5-7-22)8-12-32-11-2-3-21(28)9-13-32;/h4-7,10,14,21,36H,2-3,8-9,11-13,15-19,28-29H2,1H3,(H,30,31,38,39);1H/t21?,27-;/m1./s1. The zero-order chi connectivity index (χ0) is 28.0. The highest BCUT2D eigenvalue weighted by Crippen LogP contribution is 2.14. The molecule has 1 unspecified atom stereocenters. The van der Waals surface area contributed by atoms with Crippen molar-refractivity contribution in [2.45, 2.75) is 44.2 Å². The van der Waals surface area contributed by atoms with Gasteiger partial charge in [0.25, 0.3) is 0 Å². The third-order valence-corrected chi connectivity index (χ3v) is 7.51. The highest BCUT2D eigenvalue weighted by atomic mass is 35.5. The highest BCUT2D eigenvalue weighted by Gasteiger charge is 2.34. The molecule has 0 bridgehead atoms. The van der Waals surface area contributed by atoms with Gasteiger partial charge in [-0.05, 0) is 69.5 Å². The van der Waals surface area contributed by atoms with Gasteiger partial charge in [0.05, 0.1) is 12.3 Å². The smallest absolute Gasteiger partial charge is 0.354 e. The summed E-state index contributed by atoms with van der Waals surface area (Å²) in [6, 6.07) is 9.35. The van der Waals surface area contributed by atoms with Crippen LogP contribution < -0.4 is 22.5 Å². The summed E-state index contributed by atoms with van der Waals surface area (Å²) in [6.45, 7) is 5.34. The topological polar surface area (TPSA) is 163 Å². The lowest BCUT2D eigenvalue weighted by molar-refractivity contribution is -0.139. The van der Waals surface area contributed by atoms with Crippen molar-refractivity contribution in [2.75, 3.05) is 57.7 Å². The molecule has 2 atom stereocenters. The van der Waals surface area contributed by atoms with Crippen molar-refractivity contribution < 1.29 is 14.7 Å². The Morgan fingerprint density at radius 3 is 2.38 bits per heavy atom. The zero-order valence-electron chi connectivity index (χ0n) is 23.0. The van der Waals surface area contributed by atoms with Gasteiger partial charge < -0.3 is 31.3 Å². The van der Waals surface area contributed by atoms with Crippen LogP contribution in [0.4, 0.5) is 10.6 Å². The van der Waals surface area contributed by atoms with Crippen LogP contribution >= 0.6 is 12.4 Å². The number of carbonyl (C=O) groups is 2. The molecule has 0 saturated carbocycles. The van der Waals surface area contributed by atoms with Crippen LogP contribution in [0.25, 0.3) is 5.69 Å². The van der Waals surface area contributed by atoms with E-state index in [1.807, 2.05) is 24.3 Å². The van der Waals surface area contributed by atoms with E-state index < -0.39 is 23.9 Å². The molecular formula is C27H41ClN8O4. The number of nitrogens with zero attached hydrogens (tertiary/aromatic N) is 5. The van der Waals surface area contributed by atoms with E-state index >= 15 is 0 Å². The largest absolute Gasteiger partial charge is 0.394 e. The zero-order valence-corrected chi connectivity index (χ0v) is 23.8. The van der Waals surface area contributed by atoms with E-state index in [-0.39, 0.29) is 24.1 Å². The average molecular weight is 577 g/mol. The average Bonchev–Trinajstić information content (AvgIpc) is 3.15. The Bertz CT molecular complexity index is 1200. The van der Waals surface area contributed by atoms with Gasteiger partial charge in [0.15, 0.2) is 0 Å². The lowest BCUT2D eigenvalue weighted by Crippen LogP contribution is -2.60. The summed E-state index contributed by atoms with van der Waals surface area (Å²) in [4.78, 5) is 47.4. The van der Waals surface area contributed by atoms with E-state index in [2.05, 4.69) is 15.2 Å². The molecule has 3 heterocycles. The maximum atomic E-state index is 12.7. The summed E-state index contributed by atoms with van der Waals surface area (Å²) in [7, 11) is 0. The number of benzene rings is 1. The lowest BCUT2D eigenvalue weighted by Gasteiger charge is -2.37. The van der Waals surface area contributed by atoms with Crippen LogP contribution in [-0.4, -0.2) is 105 Å². The predicted molar refractivity (Wildman–Crippen MR) is 156 cm³/mol. The molecule has 2 aliphatic rings. The van der Waals surface area contributed by atoms with Gasteiger partial charge in [0.2, 0.25) is 5.91 Å². The van der Waals surface area contributed by atoms with E-state index in [0.29, 0.717) is 37.9 Å². The fraction of sp³-hybridized carbons (Fsp3) is 0.556. The maximum absolute atomic E-state index is 12.7. The van der Waals surface area contributed by atoms with Crippen LogP contribution in [0.15, 0.2) is 41.3 Å². The molecule has 2 saturated heterocycles. The monoisotopic (exact) mass is 576 g/mol. The summed E-state index contributed by atoms with van der Waals surface area (Å²) >= 11 is 0. The number of amides is 3. The molecule has 13 heteroatoms. The first-order valence-corrected chi connectivity index (χ1v) is 13.6. The van der Waals surface area contributed by atoms with Crippen molar-refractivity contribution >= 4 is 30.2 Å². The summed E-state index contributed by atoms with van der Waals surface area (Å²) in [5.74, 6) is -0.200. The first kappa shape index (κ1) is 31.5. The van der Waals surface area contributed by atoms with Gasteiger partial charge in [-0.25, -0.2) is 9.59 Å². The Balaban J connectivity index is 0.00000441. The van der Waals surface area contributed by atoms with Crippen molar-refractivity contribution in [3.05, 3.63) is 52.6 Å². The molecule has 1 aromatic carbocycles. The molecule has 40 heavy (non-hydrogen) atoms. The number of rotatable bonds is 7. The number of hydrogen-bond acceptors (Lipinski definition) is 8. The van der Waals surface area contributed by atoms with Gasteiger partial charge in [-0.15, -0.1) is 12.4 Å². The Kier molecular flexibility index (Phi) is 11.1. The van der Waals surface area contributed by atoms with Crippen LogP contribution in [0.3, 0.4) is 0 Å². The molecule has 2 aromatic rings. The number of anilines is 1. The molecule has 0 spiro atoms. The molecule has 0 radical (unpaired) electrons. The molecule has 3 amide bonds. The first-order valence-electron chi connectivity index (χ1n) is 13.6. The number of halogens is 1. The number of piperazine rings is 1. The molecule has 1 aromatic heterocycles. The summed E-state index contributed by atoms with van der Waals surface area (Å²) in [6.07, 6.45) is 5.81. The highest BCUT2D eigenvalue weighted by molar-refractivity contribution is 5.89. The Labute approximate surface area is 240 Å². The normalized spacial score (nSPS) is 19.8. The van der Waals surface area contributed by atoms with Crippen molar-refractivity contribution in [1.82, 2.24) is 24.3 Å². The van der Waals surface area contributed by atoms with E-state index in [0.717, 1.165) is 45.3 Å². The van der Waals surface area contributed by atoms with Gasteiger partial charge >= 0.3 is 11.7 Å². The van der Waals surface area contributed by atoms with E-state index in [9.17, 15) is 19.5 Å². The third-order valence-electron chi connectivity index (χ3n) is 7.51. The maximum Gasteiger partial charge on any atom is 0.354 e. The molecule has 2 fully saturated rings. The second-order valence-corrected chi connectivity index (χ2v) is 10.7. The van der Waals surface area contributed by atoms with Gasteiger partial charge in [0.1, 0.15) is 11.4 Å². The number of aromatic nitrogens is 2. The number of aliphatic hydroxyl groups excluding tert-OH is 1. The van der Waals surface area contributed by atoms with Gasteiger partial charge in [0, 0.05) is 45.0 Å². The Hall–Kier alpha value is -3.03. The SMILES string of the molecule is C[C@@](N)(CO)C(=O)N1CCN(C(=O)Nc2ccn(-c3ccc(CCN4CCCC(N)CC4)cc3)c(=O)n2)CC1.Cl. The van der Waals surface area contributed by atoms with Gasteiger partial charge in [-0.3, -0.25) is 14.7 Å². The minimum Gasteiger partial charge on any atom is -0.394 e. The molecule has 220 valence electrons. The molecule has 0 aliphatic carbocycles. The van der Waals surface area contributed by atoms with Crippen LogP contribution in [-0.2, 0) is 11.2 Å². The van der Waals surface area contributed by atoms with Crippen molar-refractivity contribution in [1.29, 1.82) is 0 Å². The molecule has 2 aliphatic heterocycles. The van der Waals surface area contributed by atoms with Crippen LogP contribution in [0, 0.1) is 0 Å². The molecule has 4 rings (SSSR count). The number of urea groups is 1. The molecule has 6 N–H and O–H groups in total. The number of nitrogens with one attached hydrogen (secondary N) is 1. The quantitative estimate of drug-likeness (QED) is 0.368. The number of hydrogen-bond donors (Lipinski definition) is 4. The number of aliphatic hydroxyl groups is 1. The second kappa shape index (κ2) is 14.0. The third kappa shape index (κ3) is 8.01. The van der Waals surface area contributed by atoms with Crippen LogP contribution in [0.2, 0.25) is 0 Å². The van der Waals surface area contributed by atoms with E-state index in [1.54, 1.807) is 17.2 Å². The summed E-state index contributed by atoms with van der Waals surface area (Å²) in [5, 5.41) is 12.0. The first-order chi connectivity index (χ1) is 18.7. The second-order valence-electron chi connectivity index (χ2n) is 10.7. The number of likely N-dealkylation sites (tertiary alicyclic amines) is 1. The number of nitrogens with two attached hydrogens (primary N) is 2. The lowest BCUT2D eigenvalue weighted by atomic mass is 10.0. The Morgan fingerprint density at radius 1 is 1.05 bits per heavy atom. The fourth-order valence-corrected chi connectivity index (χ4v) is 4.91. The van der Waals surface area contributed by atoms with Gasteiger partial charge in [-0.1, -0.05) is 12.1 Å². The van der Waals surface area contributed by atoms with Crippen molar-refractivity contribution in [3.63, 3.8) is 0 Å². The van der Waals surface area contributed by atoms with Gasteiger partial charge in [-0.2, -0.15) is 4.98 Å².